The largest absolute Gasteiger partial charge is 0.494 e. The molecule has 6 heteroatoms. The van der Waals surface area contributed by atoms with Crippen molar-refractivity contribution in [1.82, 2.24) is 0 Å². The molecule has 1 rings (SSSR count). The Kier molecular flexibility index (Phi) is 8.79. The molecule has 0 bridgehead atoms. The maximum Gasteiger partial charge on any atom is 0.266 e. The average molecular weight is 318 g/mol. The van der Waals surface area contributed by atoms with Crippen LogP contribution in [0.1, 0.15) is 25.7 Å². The third-order valence-corrected chi connectivity index (χ3v) is 2.66. The molecule has 0 radical (unpaired) electrons. The van der Waals surface area contributed by atoms with Crippen molar-refractivity contribution in [3.63, 3.8) is 0 Å². The van der Waals surface area contributed by atoms with Crippen LogP contribution in [-0.2, 0) is 0 Å². The van der Waals surface area contributed by atoms with E-state index in [1.807, 2.05) is 0 Å². The normalized spacial score (nSPS) is 10.0. The zero-order valence-electron chi connectivity index (χ0n) is 12.0. The van der Waals surface area contributed by atoms with Gasteiger partial charge < -0.3 is 9.47 Å². The number of hydrogen-bond acceptors (Lipinski definition) is 2. The van der Waals surface area contributed by atoms with Crippen LogP contribution in [0.4, 0.5) is 17.6 Å². The molecule has 0 spiro atoms. The Labute approximate surface area is 127 Å². The van der Waals surface area contributed by atoms with Crippen LogP contribution in [0.15, 0.2) is 48.6 Å². The Morgan fingerprint density at radius 1 is 0.727 bits per heavy atom. The van der Waals surface area contributed by atoms with Crippen molar-refractivity contribution in [3.8, 4) is 11.5 Å². The molecule has 0 aliphatic rings. The van der Waals surface area contributed by atoms with Gasteiger partial charge in [0, 0.05) is 0 Å². The Morgan fingerprint density at radius 3 is 1.41 bits per heavy atom. The van der Waals surface area contributed by atoms with Crippen LogP contribution in [0.5, 0.6) is 11.5 Å². The summed E-state index contributed by atoms with van der Waals surface area (Å²) in [5.74, 6) is 1.25. The predicted molar refractivity (Wildman–Crippen MR) is 76.5 cm³/mol. The van der Waals surface area contributed by atoms with E-state index in [9.17, 15) is 17.6 Å². The maximum atomic E-state index is 11.8. The van der Waals surface area contributed by atoms with E-state index in [1.165, 1.54) is 0 Å². The molecule has 0 aliphatic carbocycles. The van der Waals surface area contributed by atoms with Crippen molar-refractivity contribution in [2.45, 2.75) is 25.7 Å². The highest BCUT2D eigenvalue weighted by Crippen LogP contribution is 2.18. The van der Waals surface area contributed by atoms with E-state index >= 15 is 0 Å². The van der Waals surface area contributed by atoms with E-state index in [2.05, 4.69) is 0 Å². The number of allylic oxidation sites excluding steroid dienone is 2. The molecule has 22 heavy (non-hydrogen) atoms. The van der Waals surface area contributed by atoms with Crippen molar-refractivity contribution < 1.29 is 27.0 Å². The third kappa shape index (κ3) is 9.05. The summed E-state index contributed by atoms with van der Waals surface area (Å²) in [7, 11) is 0. The summed E-state index contributed by atoms with van der Waals surface area (Å²) in [5, 5.41) is 0. The first kappa shape index (κ1) is 18.1. The van der Waals surface area contributed by atoms with E-state index in [-0.39, 0.29) is 12.8 Å². The average Bonchev–Trinajstić information content (AvgIpc) is 2.47. The lowest BCUT2D eigenvalue weighted by atomic mass is 10.3. The zero-order chi connectivity index (χ0) is 16.2. The summed E-state index contributed by atoms with van der Waals surface area (Å²) in [5.41, 5.74) is 0. The van der Waals surface area contributed by atoms with Gasteiger partial charge >= 0.3 is 0 Å². The van der Waals surface area contributed by atoms with Gasteiger partial charge in [0.25, 0.3) is 12.2 Å². The SMILES string of the molecule is FC(F)=CCCCOc1ccc(OCCCC=C(F)F)cc1. The minimum atomic E-state index is -1.67. The highest BCUT2D eigenvalue weighted by Gasteiger charge is 1.97. The molecule has 0 saturated heterocycles. The molecule has 2 nitrogen and oxygen atoms in total. The summed E-state index contributed by atoms with van der Waals surface area (Å²) < 4.78 is 57.9. The Bertz CT molecular complexity index is 430. The van der Waals surface area contributed by atoms with Crippen molar-refractivity contribution in [1.29, 1.82) is 0 Å². The van der Waals surface area contributed by atoms with Crippen molar-refractivity contribution in [3.05, 3.63) is 48.6 Å². The van der Waals surface area contributed by atoms with Crippen LogP contribution < -0.4 is 9.47 Å². The summed E-state index contributed by atoms with van der Waals surface area (Å²) >= 11 is 0. The molecule has 1 aromatic rings. The van der Waals surface area contributed by atoms with Gasteiger partial charge in [-0.2, -0.15) is 17.6 Å². The Morgan fingerprint density at radius 2 is 1.09 bits per heavy atom. The van der Waals surface area contributed by atoms with Gasteiger partial charge in [0.05, 0.1) is 13.2 Å². The second-order valence-corrected chi connectivity index (χ2v) is 4.44. The van der Waals surface area contributed by atoms with Gasteiger partial charge in [-0.25, -0.2) is 0 Å². The standard InChI is InChI=1S/C16H18F4O2/c17-15(18)5-1-3-11-21-13-7-9-14(10-8-13)22-12-4-2-6-16(19)20/h5-10H,1-4,11-12H2. The quantitative estimate of drug-likeness (QED) is 0.415. The molecule has 0 atom stereocenters. The zero-order valence-corrected chi connectivity index (χ0v) is 12.0. The molecule has 0 amide bonds. The van der Waals surface area contributed by atoms with E-state index in [0.29, 0.717) is 37.6 Å². The Balaban J connectivity index is 2.19. The number of ether oxygens (including phenoxy) is 2. The van der Waals surface area contributed by atoms with Crippen LogP contribution in [0.2, 0.25) is 0 Å². The first-order chi connectivity index (χ1) is 10.6. The number of unbranched alkanes of at least 4 members (excludes halogenated alkanes) is 2. The second-order valence-electron chi connectivity index (χ2n) is 4.44. The van der Waals surface area contributed by atoms with E-state index < -0.39 is 12.2 Å². The van der Waals surface area contributed by atoms with E-state index in [1.54, 1.807) is 24.3 Å². The fourth-order valence-electron chi connectivity index (χ4n) is 1.60. The van der Waals surface area contributed by atoms with Crippen molar-refractivity contribution in [2.24, 2.45) is 0 Å². The van der Waals surface area contributed by atoms with Gasteiger partial charge in [-0.05, 0) is 62.1 Å². The fraction of sp³-hybridized carbons (Fsp3) is 0.375. The molecule has 0 aromatic heterocycles. The molecular formula is C16H18F4O2. The number of hydrogen-bond donors (Lipinski definition) is 0. The summed E-state index contributed by atoms with van der Waals surface area (Å²) in [4.78, 5) is 0. The molecular weight excluding hydrogens is 300 g/mol. The van der Waals surface area contributed by atoms with Gasteiger partial charge in [-0.3, -0.25) is 0 Å². The van der Waals surface area contributed by atoms with Crippen LogP contribution in [-0.4, -0.2) is 13.2 Å². The predicted octanol–water partition coefficient (Wildman–Crippen LogP) is 5.57. The summed E-state index contributed by atoms with van der Waals surface area (Å²) in [6.45, 7) is 0.705. The highest BCUT2D eigenvalue weighted by molar-refractivity contribution is 5.31. The lowest BCUT2D eigenvalue weighted by Crippen LogP contribution is -1.98. The van der Waals surface area contributed by atoms with Gasteiger partial charge in [0.1, 0.15) is 11.5 Å². The molecule has 0 fully saturated rings. The third-order valence-electron chi connectivity index (χ3n) is 2.66. The van der Waals surface area contributed by atoms with Crippen molar-refractivity contribution >= 4 is 0 Å². The molecule has 1 aromatic carbocycles. The van der Waals surface area contributed by atoms with E-state index in [0.717, 1.165) is 12.2 Å². The molecule has 0 aliphatic heterocycles. The van der Waals surface area contributed by atoms with Gasteiger partial charge in [-0.15, -0.1) is 0 Å². The molecule has 0 saturated carbocycles. The number of halogens is 4. The number of benzene rings is 1. The maximum absolute atomic E-state index is 11.8. The van der Waals surface area contributed by atoms with Crippen molar-refractivity contribution in [2.75, 3.05) is 13.2 Å². The monoisotopic (exact) mass is 318 g/mol. The summed E-state index contributed by atoms with van der Waals surface area (Å²) in [6.07, 6.45) is -0.0520. The van der Waals surface area contributed by atoms with Crippen LogP contribution in [0.25, 0.3) is 0 Å². The lowest BCUT2D eigenvalue weighted by Gasteiger charge is -2.08. The molecule has 0 N–H and O–H groups in total. The van der Waals surface area contributed by atoms with Gasteiger partial charge in [0.15, 0.2) is 0 Å². The highest BCUT2D eigenvalue weighted by atomic mass is 19.3. The van der Waals surface area contributed by atoms with Crippen LogP contribution in [0.3, 0.4) is 0 Å². The fourth-order valence-corrected chi connectivity index (χ4v) is 1.60. The molecule has 0 heterocycles. The first-order valence-electron chi connectivity index (χ1n) is 6.96. The Hall–Kier alpha value is -1.98. The topological polar surface area (TPSA) is 18.5 Å². The number of rotatable bonds is 10. The van der Waals surface area contributed by atoms with Crippen LogP contribution >= 0.6 is 0 Å². The lowest BCUT2D eigenvalue weighted by molar-refractivity contribution is 0.302. The summed E-state index contributed by atoms with van der Waals surface area (Å²) in [6, 6.07) is 6.84. The minimum absolute atomic E-state index is 0.275. The molecule has 122 valence electrons. The molecule has 0 unspecified atom stereocenters. The van der Waals surface area contributed by atoms with Gasteiger partial charge in [-0.1, -0.05) is 0 Å². The van der Waals surface area contributed by atoms with E-state index in [4.69, 9.17) is 9.47 Å². The smallest absolute Gasteiger partial charge is 0.266 e. The van der Waals surface area contributed by atoms with Crippen LogP contribution in [0, 0.1) is 0 Å². The van der Waals surface area contributed by atoms with Gasteiger partial charge in [0.2, 0.25) is 0 Å². The second kappa shape index (κ2) is 10.7. The minimum Gasteiger partial charge on any atom is -0.494 e. The first-order valence-corrected chi connectivity index (χ1v) is 6.96.